The molecule has 0 radical (unpaired) electrons. The molecule has 1 aliphatic rings. The minimum atomic E-state index is -3.96. The number of non-ortho nitro benzene ring substituents is 1. The first kappa shape index (κ1) is 18.9. The summed E-state index contributed by atoms with van der Waals surface area (Å²) in [7, 11) is -1.40. The highest BCUT2D eigenvalue weighted by Gasteiger charge is 2.34. The Kier molecular flexibility index (Phi) is 4.68. The molecule has 11 heteroatoms. The van der Waals surface area contributed by atoms with Gasteiger partial charge in [0.25, 0.3) is 17.5 Å². The lowest BCUT2D eigenvalue weighted by molar-refractivity contribution is -0.384. The molecule has 0 N–H and O–H groups in total. The van der Waals surface area contributed by atoms with Crippen LogP contribution in [-0.4, -0.2) is 61.6 Å². The Labute approximate surface area is 154 Å². The van der Waals surface area contributed by atoms with E-state index >= 15 is 0 Å². The van der Waals surface area contributed by atoms with E-state index in [1.807, 2.05) is 0 Å². The van der Waals surface area contributed by atoms with Crippen molar-refractivity contribution in [3.05, 3.63) is 51.6 Å². The molecule has 1 heterocycles. The topological polar surface area (TPSA) is 127 Å². The van der Waals surface area contributed by atoms with E-state index < -0.39 is 33.6 Å². The van der Waals surface area contributed by atoms with Gasteiger partial charge in [-0.05, 0) is 11.5 Å². The highest BCUT2D eigenvalue weighted by molar-refractivity contribution is 7.84. The zero-order valence-electron chi connectivity index (χ0n) is 14.4. The molecular formula is C16H15N3O7S. The third-order valence-electron chi connectivity index (χ3n) is 4.12. The van der Waals surface area contributed by atoms with Gasteiger partial charge in [0.2, 0.25) is 0 Å². The molecule has 0 spiro atoms. The highest BCUT2D eigenvalue weighted by Crippen LogP contribution is 2.33. The van der Waals surface area contributed by atoms with Crippen LogP contribution in [0.25, 0.3) is 10.8 Å². The van der Waals surface area contributed by atoms with Crippen molar-refractivity contribution in [1.82, 2.24) is 9.21 Å². The molecule has 0 saturated heterocycles. The summed E-state index contributed by atoms with van der Waals surface area (Å²) in [5.41, 5.74) is -0.0407. The number of imide groups is 1. The summed E-state index contributed by atoms with van der Waals surface area (Å²) in [6, 6.07) is 7.07. The van der Waals surface area contributed by atoms with Crippen LogP contribution in [0.5, 0.6) is 0 Å². The summed E-state index contributed by atoms with van der Waals surface area (Å²) in [5, 5.41) is 11.9. The number of nitro groups is 1. The van der Waals surface area contributed by atoms with Gasteiger partial charge in [0.1, 0.15) is 0 Å². The van der Waals surface area contributed by atoms with Crippen LogP contribution >= 0.6 is 0 Å². The van der Waals surface area contributed by atoms with E-state index in [0.717, 1.165) is 15.3 Å². The van der Waals surface area contributed by atoms with Crippen LogP contribution in [-0.2, 0) is 14.5 Å². The van der Waals surface area contributed by atoms with E-state index in [9.17, 15) is 28.1 Å². The van der Waals surface area contributed by atoms with Gasteiger partial charge >= 0.3 is 10.3 Å². The van der Waals surface area contributed by atoms with Crippen molar-refractivity contribution >= 4 is 38.6 Å². The Balaban J connectivity index is 1.98. The van der Waals surface area contributed by atoms with E-state index in [-0.39, 0.29) is 23.4 Å². The number of nitrogens with zero attached hydrogens (tertiary/aromatic N) is 3. The molecule has 0 unspecified atom stereocenters. The van der Waals surface area contributed by atoms with E-state index in [2.05, 4.69) is 0 Å². The van der Waals surface area contributed by atoms with E-state index in [0.29, 0.717) is 10.8 Å². The summed E-state index contributed by atoms with van der Waals surface area (Å²) in [5.74, 6) is -1.35. The van der Waals surface area contributed by atoms with Gasteiger partial charge in [0.05, 0.1) is 23.6 Å². The summed E-state index contributed by atoms with van der Waals surface area (Å²) >= 11 is 0. The fourth-order valence-corrected chi connectivity index (χ4v) is 3.29. The molecule has 10 nitrogen and oxygen atoms in total. The molecule has 27 heavy (non-hydrogen) atoms. The lowest BCUT2D eigenvalue weighted by atomic mass is 9.93. The Morgan fingerprint density at radius 2 is 1.81 bits per heavy atom. The Morgan fingerprint density at radius 3 is 2.44 bits per heavy atom. The number of benzene rings is 2. The molecule has 0 bridgehead atoms. The summed E-state index contributed by atoms with van der Waals surface area (Å²) < 4.78 is 28.9. The van der Waals surface area contributed by atoms with Crippen LogP contribution < -0.4 is 0 Å². The largest absolute Gasteiger partial charge is 0.337 e. The summed E-state index contributed by atoms with van der Waals surface area (Å²) in [6.07, 6.45) is 0. The summed E-state index contributed by atoms with van der Waals surface area (Å²) in [6.45, 7) is -0.749. The molecular weight excluding hydrogens is 378 g/mol. The second kappa shape index (κ2) is 6.68. The molecule has 2 amide bonds. The average Bonchev–Trinajstić information content (AvgIpc) is 2.61. The molecule has 142 valence electrons. The molecule has 0 saturated carbocycles. The van der Waals surface area contributed by atoms with E-state index in [1.165, 1.54) is 26.2 Å². The molecule has 2 aromatic carbocycles. The zero-order chi connectivity index (χ0) is 19.9. The number of hydrogen-bond donors (Lipinski definition) is 0. The number of amides is 2. The van der Waals surface area contributed by atoms with Crippen LogP contribution in [0, 0.1) is 10.1 Å². The van der Waals surface area contributed by atoms with Crippen molar-refractivity contribution in [2.24, 2.45) is 0 Å². The molecule has 0 aliphatic carbocycles. The quantitative estimate of drug-likeness (QED) is 0.409. The fraction of sp³-hybridized carbons (Fsp3) is 0.250. The molecule has 2 aromatic rings. The van der Waals surface area contributed by atoms with Gasteiger partial charge in [-0.15, -0.1) is 0 Å². The maximum Gasteiger partial charge on any atom is 0.337 e. The highest BCUT2D eigenvalue weighted by atomic mass is 32.2. The van der Waals surface area contributed by atoms with Crippen molar-refractivity contribution in [1.29, 1.82) is 0 Å². The number of rotatable bonds is 6. The molecule has 3 rings (SSSR count). The standard InChI is InChI=1S/C16H15N3O7S/c1-17(2)27(24,25)26-7-6-18-15(20)12-5-3-4-10-8-11(19(22)23)9-13(14(10)12)16(18)21/h3-5,8-9H,6-7H2,1-2H3. The van der Waals surface area contributed by atoms with Gasteiger partial charge in [-0.1, -0.05) is 12.1 Å². The summed E-state index contributed by atoms with van der Waals surface area (Å²) in [4.78, 5) is 36.8. The number of carbonyl (C=O) groups is 2. The maximum absolute atomic E-state index is 12.7. The lowest BCUT2D eigenvalue weighted by Crippen LogP contribution is -2.42. The van der Waals surface area contributed by atoms with Crippen LogP contribution in [0.2, 0.25) is 0 Å². The number of nitro benzene ring substituents is 1. The Morgan fingerprint density at radius 1 is 1.15 bits per heavy atom. The van der Waals surface area contributed by atoms with Crippen molar-refractivity contribution in [2.75, 3.05) is 27.2 Å². The Bertz CT molecular complexity index is 1080. The minimum Gasteiger partial charge on any atom is -0.272 e. The van der Waals surface area contributed by atoms with E-state index in [4.69, 9.17) is 4.18 Å². The normalized spacial score (nSPS) is 14.3. The monoisotopic (exact) mass is 393 g/mol. The van der Waals surface area contributed by atoms with E-state index in [1.54, 1.807) is 12.1 Å². The second-order valence-electron chi connectivity index (χ2n) is 5.98. The molecule has 0 fully saturated rings. The first-order chi connectivity index (χ1) is 12.6. The van der Waals surface area contributed by atoms with Crippen LogP contribution in [0.4, 0.5) is 5.69 Å². The number of hydrogen-bond acceptors (Lipinski definition) is 7. The third-order valence-corrected chi connectivity index (χ3v) is 5.48. The van der Waals surface area contributed by atoms with Gasteiger partial charge < -0.3 is 0 Å². The van der Waals surface area contributed by atoms with Gasteiger partial charge in [-0.3, -0.25) is 28.8 Å². The first-order valence-electron chi connectivity index (χ1n) is 7.77. The minimum absolute atomic E-state index is 0.0184. The van der Waals surface area contributed by atoms with Crippen molar-refractivity contribution in [2.45, 2.75) is 0 Å². The smallest absolute Gasteiger partial charge is 0.272 e. The van der Waals surface area contributed by atoms with Crippen molar-refractivity contribution in [3.8, 4) is 0 Å². The van der Waals surface area contributed by atoms with Crippen LogP contribution in [0.3, 0.4) is 0 Å². The van der Waals surface area contributed by atoms with Gasteiger partial charge in [0, 0.05) is 37.2 Å². The molecule has 0 atom stereocenters. The molecule has 1 aliphatic heterocycles. The Hall–Kier alpha value is -2.89. The van der Waals surface area contributed by atoms with Crippen molar-refractivity contribution in [3.63, 3.8) is 0 Å². The molecule has 0 aromatic heterocycles. The SMILES string of the molecule is CN(C)S(=O)(=O)OCCN1C(=O)c2cccc3cc([N+](=O)[O-])cc(c23)C1=O. The first-order valence-corrected chi connectivity index (χ1v) is 9.14. The lowest BCUT2D eigenvalue weighted by Gasteiger charge is -2.27. The third kappa shape index (κ3) is 3.27. The van der Waals surface area contributed by atoms with Crippen LogP contribution in [0.1, 0.15) is 20.7 Å². The average molecular weight is 393 g/mol. The number of carbonyl (C=O) groups excluding carboxylic acids is 2. The maximum atomic E-state index is 12.7. The fourth-order valence-electron chi connectivity index (χ4n) is 2.79. The zero-order valence-corrected chi connectivity index (χ0v) is 15.2. The predicted octanol–water partition coefficient (Wildman–Crippen LogP) is 1.17. The second-order valence-corrected chi connectivity index (χ2v) is 7.80. The predicted molar refractivity (Wildman–Crippen MR) is 94.5 cm³/mol. The van der Waals surface area contributed by atoms with Crippen LogP contribution in [0.15, 0.2) is 30.3 Å². The van der Waals surface area contributed by atoms with Gasteiger partial charge in [-0.25, -0.2) is 0 Å². The van der Waals surface area contributed by atoms with Crippen molar-refractivity contribution < 1.29 is 27.1 Å². The van der Waals surface area contributed by atoms with Gasteiger partial charge in [0.15, 0.2) is 0 Å². The van der Waals surface area contributed by atoms with Gasteiger partial charge in [-0.2, -0.15) is 12.7 Å².